The first kappa shape index (κ1) is 12.7. The molecule has 0 saturated heterocycles. The number of nitrogens with zero attached hydrogens (tertiary/aromatic N) is 1. The molecule has 0 atom stereocenters. The van der Waals surface area contributed by atoms with Gasteiger partial charge in [-0.25, -0.2) is 9.78 Å². The molecule has 20 heavy (non-hydrogen) atoms. The number of furan rings is 1. The third-order valence-electron chi connectivity index (χ3n) is 2.82. The van der Waals surface area contributed by atoms with Crippen LogP contribution in [0.2, 0.25) is 0 Å². The number of carboxylic acid groups (broad SMARTS) is 1. The topological polar surface area (TPSA) is 63.3 Å². The van der Waals surface area contributed by atoms with Gasteiger partial charge < -0.3 is 9.52 Å². The minimum atomic E-state index is -1.07. The van der Waals surface area contributed by atoms with Crippen LogP contribution in [0.25, 0.3) is 11.0 Å². The Kier molecular flexibility index (Phi) is 3.43. The standard InChI is InChI=1S/C15H11NO3S/c17-15(18)13-6-11-8-16-14(7-12(11)19-13)20-9-10-4-2-1-3-5-10/h1-8H,9H2,(H,17,18). The van der Waals surface area contributed by atoms with E-state index >= 15 is 0 Å². The van der Waals surface area contributed by atoms with Gasteiger partial charge in [0.25, 0.3) is 0 Å². The second-order valence-electron chi connectivity index (χ2n) is 4.25. The number of thioether (sulfide) groups is 1. The SMILES string of the molecule is O=C(O)c1cc2cnc(SCc3ccccc3)cc2o1. The average Bonchev–Trinajstić information content (AvgIpc) is 2.89. The van der Waals surface area contributed by atoms with Crippen LogP contribution in [-0.4, -0.2) is 16.1 Å². The molecule has 1 N–H and O–H groups in total. The Labute approximate surface area is 119 Å². The molecule has 4 nitrogen and oxygen atoms in total. The average molecular weight is 285 g/mol. The van der Waals surface area contributed by atoms with E-state index in [1.54, 1.807) is 24.0 Å². The van der Waals surface area contributed by atoms with Crippen LogP contribution in [0, 0.1) is 0 Å². The number of fused-ring (bicyclic) bond motifs is 1. The summed E-state index contributed by atoms with van der Waals surface area (Å²) in [6.07, 6.45) is 1.64. The van der Waals surface area contributed by atoms with E-state index in [2.05, 4.69) is 17.1 Å². The second-order valence-corrected chi connectivity index (χ2v) is 5.25. The molecule has 0 amide bonds. The van der Waals surface area contributed by atoms with Crippen molar-refractivity contribution in [3.63, 3.8) is 0 Å². The van der Waals surface area contributed by atoms with Crippen LogP contribution in [0.1, 0.15) is 16.1 Å². The smallest absolute Gasteiger partial charge is 0.371 e. The highest BCUT2D eigenvalue weighted by Gasteiger charge is 2.11. The molecule has 5 heteroatoms. The molecule has 0 saturated carbocycles. The van der Waals surface area contributed by atoms with Gasteiger partial charge in [-0.05, 0) is 5.56 Å². The summed E-state index contributed by atoms with van der Waals surface area (Å²) in [5.41, 5.74) is 1.76. The van der Waals surface area contributed by atoms with Gasteiger partial charge in [0.15, 0.2) is 0 Å². The number of rotatable bonds is 4. The summed E-state index contributed by atoms with van der Waals surface area (Å²) in [6, 6.07) is 13.3. The zero-order chi connectivity index (χ0) is 13.9. The van der Waals surface area contributed by atoms with Crippen molar-refractivity contribution in [3.8, 4) is 0 Å². The van der Waals surface area contributed by atoms with E-state index in [9.17, 15) is 4.79 Å². The Balaban J connectivity index is 1.80. The molecule has 100 valence electrons. The van der Waals surface area contributed by atoms with Crippen molar-refractivity contribution in [2.24, 2.45) is 0 Å². The number of hydrogen-bond acceptors (Lipinski definition) is 4. The van der Waals surface area contributed by atoms with Gasteiger partial charge in [0.1, 0.15) is 10.6 Å². The van der Waals surface area contributed by atoms with Gasteiger partial charge in [-0.3, -0.25) is 0 Å². The van der Waals surface area contributed by atoms with Crippen LogP contribution in [-0.2, 0) is 5.75 Å². The van der Waals surface area contributed by atoms with E-state index in [1.807, 2.05) is 18.2 Å². The van der Waals surface area contributed by atoms with Crippen LogP contribution in [0.15, 0.2) is 58.1 Å². The molecule has 2 aromatic heterocycles. The van der Waals surface area contributed by atoms with Gasteiger partial charge in [-0.15, -0.1) is 11.8 Å². The van der Waals surface area contributed by atoms with Crippen molar-refractivity contribution in [3.05, 3.63) is 60.0 Å². The van der Waals surface area contributed by atoms with Crippen LogP contribution < -0.4 is 0 Å². The maximum absolute atomic E-state index is 10.8. The normalized spacial score (nSPS) is 10.8. The fraction of sp³-hybridized carbons (Fsp3) is 0.0667. The predicted octanol–water partition coefficient (Wildman–Crippen LogP) is 3.82. The molecule has 0 radical (unpaired) electrons. The van der Waals surface area contributed by atoms with Crippen molar-refractivity contribution in [1.82, 2.24) is 4.98 Å². The van der Waals surface area contributed by atoms with E-state index in [0.29, 0.717) is 11.0 Å². The van der Waals surface area contributed by atoms with E-state index in [1.165, 1.54) is 11.6 Å². The molecule has 0 bridgehead atoms. The number of aromatic carboxylic acids is 1. The minimum absolute atomic E-state index is 0.0630. The van der Waals surface area contributed by atoms with E-state index in [4.69, 9.17) is 9.52 Å². The summed E-state index contributed by atoms with van der Waals surface area (Å²) in [7, 11) is 0. The molecule has 0 fully saturated rings. The minimum Gasteiger partial charge on any atom is -0.475 e. The van der Waals surface area contributed by atoms with Gasteiger partial charge in [-0.2, -0.15) is 0 Å². The molecule has 2 heterocycles. The molecule has 0 aliphatic heterocycles. The molecule has 3 aromatic rings. The van der Waals surface area contributed by atoms with Gasteiger partial charge in [0, 0.05) is 29.5 Å². The fourth-order valence-corrected chi connectivity index (χ4v) is 2.66. The third kappa shape index (κ3) is 2.67. The van der Waals surface area contributed by atoms with Crippen molar-refractivity contribution < 1.29 is 14.3 Å². The lowest BCUT2D eigenvalue weighted by molar-refractivity contribution is 0.0665. The summed E-state index contributed by atoms with van der Waals surface area (Å²) in [4.78, 5) is 15.2. The summed E-state index contributed by atoms with van der Waals surface area (Å²) in [5.74, 6) is -0.321. The quantitative estimate of drug-likeness (QED) is 0.738. The lowest BCUT2D eigenvalue weighted by atomic mass is 10.2. The van der Waals surface area contributed by atoms with Crippen LogP contribution >= 0.6 is 11.8 Å². The van der Waals surface area contributed by atoms with E-state index < -0.39 is 5.97 Å². The van der Waals surface area contributed by atoms with Crippen LogP contribution in [0.5, 0.6) is 0 Å². The van der Waals surface area contributed by atoms with E-state index in [0.717, 1.165) is 10.8 Å². The second kappa shape index (κ2) is 5.38. The summed E-state index contributed by atoms with van der Waals surface area (Å²) in [6.45, 7) is 0. The molecule has 0 aliphatic carbocycles. The lowest BCUT2D eigenvalue weighted by Gasteiger charge is -2.00. The Morgan fingerprint density at radius 2 is 2.05 bits per heavy atom. The van der Waals surface area contributed by atoms with Gasteiger partial charge in [0.05, 0.1) is 0 Å². The molecule has 3 rings (SSSR count). The van der Waals surface area contributed by atoms with Gasteiger partial charge in [0.2, 0.25) is 5.76 Å². The highest BCUT2D eigenvalue weighted by Crippen LogP contribution is 2.26. The van der Waals surface area contributed by atoms with Crippen molar-refractivity contribution in [2.45, 2.75) is 10.8 Å². The molecule has 1 aromatic carbocycles. The Morgan fingerprint density at radius 1 is 1.25 bits per heavy atom. The van der Waals surface area contributed by atoms with Crippen molar-refractivity contribution in [1.29, 1.82) is 0 Å². The first-order valence-electron chi connectivity index (χ1n) is 6.02. The lowest BCUT2D eigenvalue weighted by Crippen LogP contribution is -1.91. The highest BCUT2D eigenvalue weighted by atomic mass is 32.2. The number of carbonyl (C=O) groups is 1. The number of benzene rings is 1. The fourth-order valence-electron chi connectivity index (χ4n) is 1.83. The number of pyridine rings is 1. The summed E-state index contributed by atoms with van der Waals surface area (Å²) < 4.78 is 5.27. The number of aromatic nitrogens is 1. The monoisotopic (exact) mass is 285 g/mol. The summed E-state index contributed by atoms with van der Waals surface area (Å²) >= 11 is 1.59. The zero-order valence-electron chi connectivity index (χ0n) is 10.4. The molecule has 0 aliphatic rings. The zero-order valence-corrected chi connectivity index (χ0v) is 11.3. The summed E-state index contributed by atoms with van der Waals surface area (Å²) in [5, 5.41) is 10.4. The van der Waals surface area contributed by atoms with Crippen molar-refractivity contribution >= 4 is 28.7 Å². The Hall–Kier alpha value is -2.27. The number of carboxylic acids is 1. The number of hydrogen-bond donors (Lipinski definition) is 1. The first-order valence-corrected chi connectivity index (χ1v) is 7.00. The Bertz CT molecular complexity index is 752. The van der Waals surface area contributed by atoms with Crippen LogP contribution in [0.3, 0.4) is 0 Å². The van der Waals surface area contributed by atoms with Crippen molar-refractivity contribution in [2.75, 3.05) is 0 Å². The predicted molar refractivity (Wildman–Crippen MR) is 77.0 cm³/mol. The molecular weight excluding hydrogens is 274 g/mol. The molecular formula is C15H11NO3S. The maximum atomic E-state index is 10.8. The maximum Gasteiger partial charge on any atom is 0.371 e. The first-order chi connectivity index (χ1) is 9.72. The van der Waals surface area contributed by atoms with Crippen LogP contribution in [0.4, 0.5) is 0 Å². The third-order valence-corrected chi connectivity index (χ3v) is 3.81. The van der Waals surface area contributed by atoms with Gasteiger partial charge in [-0.1, -0.05) is 30.3 Å². The largest absolute Gasteiger partial charge is 0.475 e. The highest BCUT2D eigenvalue weighted by molar-refractivity contribution is 7.98. The Morgan fingerprint density at radius 3 is 2.80 bits per heavy atom. The van der Waals surface area contributed by atoms with E-state index in [-0.39, 0.29) is 5.76 Å². The van der Waals surface area contributed by atoms with Gasteiger partial charge >= 0.3 is 5.97 Å². The molecule has 0 spiro atoms. The molecule has 0 unspecified atom stereocenters.